The fraction of sp³-hybridized carbons (Fsp3) is 0.190. The first-order valence-electron chi connectivity index (χ1n) is 9.25. The molecule has 4 rings (SSSR count). The summed E-state index contributed by atoms with van der Waals surface area (Å²) in [6.07, 6.45) is 0. The highest BCUT2D eigenvalue weighted by atomic mass is 32.2. The molecule has 0 saturated carbocycles. The van der Waals surface area contributed by atoms with Crippen molar-refractivity contribution >= 4 is 28.6 Å². The van der Waals surface area contributed by atoms with Gasteiger partial charge in [0, 0.05) is 5.56 Å². The number of thioether (sulfide) groups is 1. The van der Waals surface area contributed by atoms with Crippen molar-refractivity contribution < 1.29 is 18.7 Å². The Hall–Kier alpha value is -3.66. The maximum absolute atomic E-state index is 12.9. The molecular formula is C21H18N4O5S. The zero-order chi connectivity index (χ0) is 21.8. The summed E-state index contributed by atoms with van der Waals surface area (Å²) in [5.74, 6) is 1.19. The molecule has 9 nitrogen and oxygen atoms in total. The molecule has 2 aromatic carbocycles. The first-order chi connectivity index (χ1) is 15.1. The minimum atomic E-state index is -0.541. The van der Waals surface area contributed by atoms with Crippen LogP contribution in [0.15, 0.2) is 62.9 Å². The number of carbonyl (C=O) groups is 1. The lowest BCUT2D eigenvalue weighted by Gasteiger charge is -2.11. The number of fused-ring (bicyclic) bond motifs is 1. The molecule has 0 unspecified atom stereocenters. The summed E-state index contributed by atoms with van der Waals surface area (Å²) < 4.78 is 16.9. The second-order valence-electron chi connectivity index (χ2n) is 6.40. The lowest BCUT2D eigenvalue weighted by molar-refractivity contribution is -0.141. The molecule has 0 saturated heterocycles. The number of hydrogen-bond acceptors (Lipinski definition) is 9. The third kappa shape index (κ3) is 4.43. The standard InChI is InChI=1S/C21H18N4O5S/c1-28-14-9-7-13(8-10-14)19-24-23-17(30-19)12-31-21-22-16-6-4-3-5-15(16)20(27)25(21)11-18(26)29-2/h3-10H,11-12H2,1-2H3. The number of carbonyl (C=O) groups excluding carboxylic acids is 1. The van der Waals surface area contributed by atoms with Crippen molar-refractivity contribution in [2.24, 2.45) is 0 Å². The zero-order valence-electron chi connectivity index (χ0n) is 16.8. The fourth-order valence-electron chi connectivity index (χ4n) is 2.88. The molecule has 4 aromatic rings. The van der Waals surface area contributed by atoms with E-state index in [4.69, 9.17) is 13.9 Å². The number of ether oxygens (including phenoxy) is 2. The van der Waals surface area contributed by atoms with Crippen LogP contribution in [-0.2, 0) is 21.8 Å². The topological polar surface area (TPSA) is 109 Å². The van der Waals surface area contributed by atoms with E-state index in [0.717, 1.165) is 11.3 Å². The Balaban J connectivity index is 1.59. The monoisotopic (exact) mass is 438 g/mol. The van der Waals surface area contributed by atoms with Crippen molar-refractivity contribution in [2.45, 2.75) is 17.5 Å². The molecule has 0 aliphatic rings. The van der Waals surface area contributed by atoms with E-state index in [9.17, 15) is 9.59 Å². The van der Waals surface area contributed by atoms with Crippen LogP contribution in [0.2, 0.25) is 0 Å². The van der Waals surface area contributed by atoms with Crippen LogP contribution in [0.4, 0.5) is 0 Å². The van der Waals surface area contributed by atoms with Gasteiger partial charge < -0.3 is 13.9 Å². The molecule has 0 atom stereocenters. The molecule has 0 fully saturated rings. The summed E-state index contributed by atoms with van der Waals surface area (Å²) in [4.78, 5) is 29.3. The molecule has 10 heteroatoms. The number of aromatic nitrogens is 4. The molecule has 0 spiro atoms. The van der Waals surface area contributed by atoms with Crippen LogP contribution in [0.1, 0.15) is 5.89 Å². The summed E-state index contributed by atoms with van der Waals surface area (Å²) in [5, 5.41) is 8.92. The largest absolute Gasteiger partial charge is 0.497 e. The number of benzene rings is 2. The summed E-state index contributed by atoms with van der Waals surface area (Å²) in [6.45, 7) is -0.240. The van der Waals surface area contributed by atoms with Gasteiger partial charge in [0.15, 0.2) is 5.16 Å². The molecule has 0 aliphatic carbocycles. The highest BCUT2D eigenvalue weighted by Gasteiger charge is 2.16. The third-order valence-corrected chi connectivity index (χ3v) is 5.43. The van der Waals surface area contributed by atoms with Crippen LogP contribution in [-0.4, -0.2) is 39.9 Å². The number of para-hydroxylation sites is 1. The Bertz CT molecular complexity index is 1280. The SMILES string of the molecule is COC(=O)Cn1c(SCc2nnc(-c3ccc(OC)cc3)o2)nc2ccccc2c1=O. The van der Waals surface area contributed by atoms with Crippen molar-refractivity contribution in [1.29, 1.82) is 0 Å². The number of rotatable bonds is 7. The van der Waals surface area contributed by atoms with Crippen molar-refractivity contribution in [1.82, 2.24) is 19.7 Å². The van der Waals surface area contributed by atoms with Crippen LogP contribution in [0.5, 0.6) is 5.75 Å². The van der Waals surface area contributed by atoms with Crippen molar-refractivity contribution in [3.8, 4) is 17.2 Å². The van der Waals surface area contributed by atoms with E-state index in [0.29, 0.717) is 27.8 Å². The smallest absolute Gasteiger partial charge is 0.325 e. The van der Waals surface area contributed by atoms with Crippen LogP contribution >= 0.6 is 11.8 Å². The highest BCUT2D eigenvalue weighted by molar-refractivity contribution is 7.98. The van der Waals surface area contributed by atoms with Gasteiger partial charge in [-0.2, -0.15) is 0 Å². The van der Waals surface area contributed by atoms with Gasteiger partial charge in [0.25, 0.3) is 5.56 Å². The number of methoxy groups -OCH3 is 2. The number of esters is 1. The van der Waals surface area contributed by atoms with Gasteiger partial charge in [-0.15, -0.1) is 10.2 Å². The lowest BCUT2D eigenvalue weighted by atomic mass is 10.2. The van der Waals surface area contributed by atoms with Gasteiger partial charge in [-0.25, -0.2) is 4.98 Å². The Morgan fingerprint density at radius 2 is 1.87 bits per heavy atom. The van der Waals surface area contributed by atoms with E-state index in [-0.39, 0.29) is 17.9 Å². The molecule has 2 aromatic heterocycles. The van der Waals surface area contributed by atoms with Gasteiger partial charge in [0.1, 0.15) is 12.3 Å². The van der Waals surface area contributed by atoms with E-state index in [1.54, 1.807) is 43.5 Å². The molecule has 0 N–H and O–H groups in total. The van der Waals surface area contributed by atoms with Crippen molar-refractivity contribution in [3.05, 3.63) is 64.8 Å². The first-order valence-corrected chi connectivity index (χ1v) is 10.2. The van der Waals surface area contributed by atoms with Gasteiger partial charge in [-0.1, -0.05) is 23.9 Å². The molecule has 0 aliphatic heterocycles. The highest BCUT2D eigenvalue weighted by Crippen LogP contribution is 2.25. The number of hydrogen-bond donors (Lipinski definition) is 0. The van der Waals surface area contributed by atoms with E-state index >= 15 is 0 Å². The van der Waals surface area contributed by atoms with Crippen LogP contribution in [0.25, 0.3) is 22.4 Å². The van der Waals surface area contributed by atoms with E-state index in [1.807, 2.05) is 12.1 Å². The molecule has 158 valence electrons. The Labute approximate surface area is 181 Å². The van der Waals surface area contributed by atoms with Crippen LogP contribution < -0.4 is 10.3 Å². The maximum Gasteiger partial charge on any atom is 0.325 e. The Morgan fingerprint density at radius 1 is 1.10 bits per heavy atom. The van der Waals surface area contributed by atoms with E-state index in [1.165, 1.54) is 23.4 Å². The predicted octanol–water partition coefficient (Wildman–Crippen LogP) is 2.92. The van der Waals surface area contributed by atoms with Crippen LogP contribution in [0.3, 0.4) is 0 Å². The molecule has 2 heterocycles. The lowest BCUT2D eigenvalue weighted by Crippen LogP contribution is -2.27. The average molecular weight is 438 g/mol. The second-order valence-corrected chi connectivity index (χ2v) is 7.34. The first kappa shape index (κ1) is 20.6. The molecule has 0 amide bonds. The van der Waals surface area contributed by atoms with E-state index in [2.05, 4.69) is 15.2 Å². The summed E-state index contributed by atoms with van der Waals surface area (Å²) in [5.41, 5.74) is 0.986. The van der Waals surface area contributed by atoms with E-state index < -0.39 is 5.97 Å². The summed E-state index contributed by atoms with van der Waals surface area (Å²) in [7, 11) is 2.87. The predicted molar refractivity (Wildman–Crippen MR) is 114 cm³/mol. The second kappa shape index (κ2) is 9.00. The number of nitrogens with zero attached hydrogens (tertiary/aromatic N) is 4. The molecule has 0 radical (unpaired) electrons. The van der Waals surface area contributed by atoms with Gasteiger partial charge in [-0.05, 0) is 36.4 Å². The average Bonchev–Trinajstić information content (AvgIpc) is 3.28. The third-order valence-electron chi connectivity index (χ3n) is 4.47. The normalized spacial score (nSPS) is 10.9. The summed E-state index contributed by atoms with van der Waals surface area (Å²) in [6, 6.07) is 14.2. The zero-order valence-corrected chi connectivity index (χ0v) is 17.6. The molecular weight excluding hydrogens is 420 g/mol. The Kier molecular flexibility index (Phi) is 5.99. The Morgan fingerprint density at radius 3 is 2.61 bits per heavy atom. The quantitative estimate of drug-likeness (QED) is 0.244. The van der Waals surface area contributed by atoms with Gasteiger partial charge in [0.2, 0.25) is 11.8 Å². The maximum atomic E-state index is 12.9. The van der Waals surface area contributed by atoms with Gasteiger partial charge in [0.05, 0.1) is 30.9 Å². The van der Waals surface area contributed by atoms with Gasteiger partial charge in [-0.3, -0.25) is 14.2 Å². The minimum Gasteiger partial charge on any atom is -0.497 e. The van der Waals surface area contributed by atoms with Crippen molar-refractivity contribution in [3.63, 3.8) is 0 Å². The minimum absolute atomic E-state index is 0.240. The molecule has 31 heavy (non-hydrogen) atoms. The fourth-order valence-corrected chi connectivity index (χ4v) is 3.71. The molecule has 0 bridgehead atoms. The summed E-state index contributed by atoms with van der Waals surface area (Å²) >= 11 is 1.22. The van der Waals surface area contributed by atoms with Crippen molar-refractivity contribution in [2.75, 3.05) is 14.2 Å². The van der Waals surface area contributed by atoms with Gasteiger partial charge >= 0.3 is 5.97 Å². The van der Waals surface area contributed by atoms with Crippen LogP contribution in [0, 0.1) is 0 Å².